The molecular formula is C25H20F2N2O3. The predicted octanol–water partition coefficient (Wildman–Crippen LogP) is 4.93. The standard InChI is InChI=1S/C25H20F2N2O3/c1-3-15-4-9-18(10-5-15)28-23-22(16-6-11-19(32-2)12-7-16)24(30)29(25(23)31)21-14-17(26)8-13-20(21)27/h4-14,28H,3H2,1-2H3. The van der Waals surface area contributed by atoms with Gasteiger partial charge < -0.3 is 10.1 Å². The first kappa shape index (κ1) is 21.2. The zero-order valence-corrected chi connectivity index (χ0v) is 17.5. The third kappa shape index (κ3) is 3.85. The number of rotatable bonds is 6. The van der Waals surface area contributed by atoms with Gasteiger partial charge in [-0.1, -0.05) is 31.2 Å². The first-order chi connectivity index (χ1) is 15.4. The fourth-order valence-corrected chi connectivity index (χ4v) is 3.52. The van der Waals surface area contributed by atoms with Crippen LogP contribution in [0.25, 0.3) is 5.57 Å². The van der Waals surface area contributed by atoms with E-state index < -0.39 is 29.1 Å². The highest BCUT2D eigenvalue weighted by Crippen LogP contribution is 2.35. The van der Waals surface area contributed by atoms with Crippen molar-refractivity contribution in [3.05, 3.63) is 95.2 Å². The van der Waals surface area contributed by atoms with Crippen molar-refractivity contribution in [3.63, 3.8) is 0 Å². The molecule has 162 valence electrons. The second kappa shape index (κ2) is 8.63. The lowest BCUT2D eigenvalue weighted by molar-refractivity contribution is -0.120. The van der Waals surface area contributed by atoms with E-state index in [4.69, 9.17) is 4.74 Å². The van der Waals surface area contributed by atoms with Crippen molar-refractivity contribution >= 4 is 28.8 Å². The van der Waals surface area contributed by atoms with Crippen LogP contribution in [0.3, 0.4) is 0 Å². The van der Waals surface area contributed by atoms with E-state index in [9.17, 15) is 18.4 Å². The molecule has 2 amide bonds. The van der Waals surface area contributed by atoms with Crippen LogP contribution in [0.4, 0.5) is 20.2 Å². The molecule has 1 N–H and O–H groups in total. The maximum atomic E-state index is 14.5. The number of carbonyl (C=O) groups is 2. The highest BCUT2D eigenvalue weighted by molar-refractivity contribution is 6.46. The van der Waals surface area contributed by atoms with Crippen LogP contribution in [0.1, 0.15) is 18.1 Å². The molecule has 0 saturated carbocycles. The van der Waals surface area contributed by atoms with Crippen LogP contribution in [0, 0.1) is 11.6 Å². The molecule has 0 unspecified atom stereocenters. The number of halogens is 2. The molecule has 4 rings (SSSR count). The number of imide groups is 1. The monoisotopic (exact) mass is 434 g/mol. The fraction of sp³-hybridized carbons (Fsp3) is 0.120. The van der Waals surface area contributed by atoms with Crippen LogP contribution in [-0.2, 0) is 16.0 Å². The number of amides is 2. The lowest BCUT2D eigenvalue weighted by Gasteiger charge is -2.16. The Morgan fingerprint density at radius 1 is 0.906 bits per heavy atom. The zero-order valence-electron chi connectivity index (χ0n) is 17.5. The van der Waals surface area contributed by atoms with Crippen molar-refractivity contribution in [2.45, 2.75) is 13.3 Å². The minimum absolute atomic E-state index is 0.0203. The van der Waals surface area contributed by atoms with Gasteiger partial charge in [0.25, 0.3) is 11.8 Å². The molecule has 32 heavy (non-hydrogen) atoms. The third-order valence-electron chi connectivity index (χ3n) is 5.24. The first-order valence-electron chi connectivity index (χ1n) is 10.0. The third-order valence-corrected chi connectivity index (χ3v) is 5.24. The van der Waals surface area contributed by atoms with Crippen LogP contribution < -0.4 is 15.0 Å². The molecule has 0 atom stereocenters. The van der Waals surface area contributed by atoms with Gasteiger partial charge in [-0.25, -0.2) is 13.7 Å². The average molecular weight is 434 g/mol. The highest BCUT2D eigenvalue weighted by atomic mass is 19.1. The van der Waals surface area contributed by atoms with Gasteiger partial charge in [0.1, 0.15) is 23.1 Å². The lowest BCUT2D eigenvalue weighted by Crippen LogP contribution is -2.33. The quantitative estimate of drug-likeness (QED) is 0.559. The van der Waals surface area contributed by atoms with Crippen LogP contribution in [0.5, 0.6) is 5.75 Å². The van der Waals surface area contributed by atoms with E-state index in [0.717, 1.165) is 30.2 Å². The largest absolute Gasteiger partial charge is 0.497 e. The average Bonchev–Trinajstić information content (AvgIpc) is 3.05. The van der Waals surface area contributed by atoms with Crippen molar-refractivity contribution < 1.29 is 23.1 Å². The number of hydrogen-bond donors (Lipinski definition) is 1. The van der Waals surface area contributed by atoms with Crippen molar-refractivity contribution in [3.8, 4) is 5.75 Å². The Hall–Kier alpha value is -4.00. The molecule has 0 aromatic heterocycles. The Morgan fingerprint density at radius 3 is 2.22 bits per heavy atom. The number of nitrogens with zero attached hydrogens (tertiary/aromatic N) is 1. The molecule has 3 aromatic carbocycles. The number of hydrogen-bond acceptors (Lipinski definition) is 4. The van der Waals surface area contributed by atoms with Gasteiger partial charge >= 0.3 is 0 Å². The normalized spacial score (nSPS) is 13.7. The molecule has 1 heterocycles. The van der Waals surface area contributed by atoms with Crippen molar-refractivity contribution in [1.82, 2.24) is 0 Å². The maximum absolute atomic E-state index is 14.5. The molecule has 0 bridgehead atoms. The van der Waals surface area contributed by atoms with E-state index in [1.54, 1.807) is 36.4 Å². The van der Waals surface area contributed by atoms with Crippen LogP contribution in [0.2, 0.25) is 0 Å². The van der Waals surface area contributed by atoms with Crippen molar-refractivity contribution in [1.29, 1.82) is 0 Å². The number of benzene rings is 3. The summed E-state index contributed by atoms with van der Waals surface area (Å²) in [5.74, 6) is -2.59. The van der Waals surface area contributed by atoms with Gasteiger partial charge in [0.2, 0.25) is 0 Å². The number of ether oxygens (including phenoxy) is 1. The number of carbonyl (C=O) groups excluding carboxylic acids is 2. The molecule has 0 radical (unpaired) electrons. The summed E-state index contributed by atoms with van der Waals surface area (Å²) >= 11 is 0. The molecule has 0 aliphatic carbocycles. The van der Waals surface area contributed by atoms with E-state index in [1.807, 2.05) is 19.1 Å². The number of anilines is 2. The molecule has 5 nitrogen and oxygen atoms in total. The van der Waals surface area contributed by atoms with Crippen molar-refractivity contribution in [2.75, 3.05) is 17.3 Å². The maximum Gasteiger partial charge on any atom is 0.282 e. The summed E-state index contributed by atoms with van der Waals surface area (Å²) in [6.45, 7) is 2.03. The lowest BCUT2D eigenvalue weighted by atomic mass is 10.0. The number of aryl methyl sites for hydroxylation is 1. The summed E-state index contributed by atoms with van der Waals surface area (Å²) in [6, 6.07) is 16.6. The zero-order chi connectivity index (χ0) is 22.8. The van der Waals surface area contributed by atoms with E-state index >= 15 is 0 Å². The van der Waals surface area contributed by atoms with E-state index in [0.29, 0.717) is 21.9 Å². The Bertz CT molecular complexity index is 1220. The summed E-state index contributed by atoms with van der Waals surface area (Å²) in [7, 11) is 1.51. The van der Waals surface area contributed by atoms with E-state index in [-0.39, 0.29) is 11.3 Å². The highest BCUT2D eigenvalue weighted by Gasteiger charge is 2.41. The number of methoxy groups -OCH3 is 1. The molecule has 1 aliphatic rings. The fourth-order valence-electron chi connectivity index (χ4n) is 3.52. The number of nitrogens with one attached hydrogen (secondary N) is 1. The molecule has 0 fully saturated rings. The van der Waals surface area contributed by atoms with Crippen LogP contribution in [-0.4, -0.2) is 18.9 Å². The Kier molecular flexibility index (Phi) is 5.73. The van der Waals surface area contributed by atoms with E-state index in [1.165, 1.54) is 7.11 Å². The Morgan fingerprint density at radius 2 is 1.59 bits per heavy atom. The summed E-state index contributed by atoms with van der Waals surface area (Å²) in [5.41, 5.74) is 1.73. The summed E-state index contributed by atoms with van der Waals surface area (Å²) in [5, 5.41) is 3.00. The SMILES string of the molecule is CCc1ccc(NC2=C(c3ccc(OC)cc3)C(=O)N(c3cc(F)ccc3F)C2=O)cc1. The second-order valence-corrected chi connectivity index (χ2v) is 7.20. The van der Waals surface area contributed by atoms with E-state index in [2.05, 4.69) is 5.32 Å². The molecule has 7 heteroatoms. The van der Waals surface area contributed by atoms with Crippen molar-refractivity contribution in [2.24, 2.45) is 0 Å². The van der Waals surface area contributed by atoms with Gasteiger partial charge in [-0.3, -0.25) is 9.59 Å². The Balaban J connectivity index is 1.81. The smallest absolute Gasteiger partial charge is 0.282 e. The van der Waals surface area contributed by atoms with Gasteiger partial charge in [0.15, 0.2) is 0 Å². The molecule has 0 spiro atoms. The second-order valence-electron chi connectivity index (χ2n) is 7.20. The summed E-state index contributed by atoms with van der Waals surface area (Å²) in [4.78, 5) is 27.3. The topological polar surface area (TPSA) is 58.6 Å². The van der Waals surface area contributed by atoms with Gasteiger partial charge in [0, 0.05) is 11.8 Å². The first-order valence-corrected chi connectivity index (χ1v) is 10.0. The molecule has 1 aliphatic heterocycles. The minimum Gasteiger partial charge on any atom is -0.497 e. The van der Waals surface area contributed by atoms with Gasteiger partial charge in [0.05, 0.1) is 18.4 Å². The summed E-state index contributed by atoms with van der Waals surface area (Å²) < 4.78 is 33.4. The molecular weight excluding hydrogens is 414 g/mol. The summed E-state index contributed by atoms with van der Waals surface area (Å²) in [6.07, 6.45) is 0.851. The van der Waals surface area contributed by atoms with Gasteiger partial charge in [-0.15, -0.1) is 0 Å². The Labute approximate surface area is 183 Å². The van der Waals surface area contributed by atoms with Crippen LogP contribution in [0.15, 0.2) is 72.4 Å². The predicted molar refractivity (Wildman–Crippen MR) is 118 cm³/mol. The molecule has 0 saturated heterocycles. The van der Waals surface area contributed by atoms with Gasteiger partial charge in [-0.05, 0) is 53.9 Å². The minimum atomic E-state index is -0.879. The van der Waals surface area contributed by atoms with Crippen LogP contribution >= 0.6 is 0 Å². The molecule has 3 aromatic rings. The van der Waals surface area contributed by atoms with Gasteiger partial charge in [-0.2, -0.15) is 0 Å².